The second kappa shape index (κ2) is 12.2. The van der Waals surface area contributed by atoms with E-state index in [1.165, 1.54) is 13.2 Å². The van der Waals surface area contributed by atoms with Gasteiger partial charge in [-0.05, 0) is 78.8 Å². The second-order valence-electron chi connectivity index (χ2n) is 11.2. The maximum absolute atomic E-state index is 15.3. The quantitative estimate of drug-likeness (QED) is 0.252. The number of ether oxygens (including phenoxy) is 4. The average molecular weight is 581 g/mol. The van der Waals surface area contributed by atoms with Gasteiger partial charge in [0.15, 0.2) is 0 Å². The fourth-order valence-corrected chi connectivity index (χ4v) is 6.99. The zero-order valence-electron chi connectivity index (χ0n) is 24.3. The van der Waals surface area contributed by atoms with E-state index in [1.54, 1.807) is 6.26 Å². The molecule has 5 rings (SSSR count). The molecule has 8 heteroatoms. The number of hydrogen-bond donors (Lipinski definition) is 0. The average Bonchev–Trinajstić information content (AvgIpc) is 3.52. The van der Waals surface area contributed by atoms with Gasteiger partial charge >= 0.3 is 5.97 Å². The van der Waals surface area contributed by atoms with Crippen molar-refractivity contribution in [2.24, 2.45) is 5.92 Å². The fraction of sp³-hybridized carbons (Fsp3) is 0.424. The van der Waals surface area contributed by atoms with Gasteiger partial charge in [0, 0.05) is 51.8 Å². The van der Waals surface area contributed by atoms with Crippen LogP contribution in [0.4, 0.5) is 4.39 Å². The van der Waals surface area contributed by atoms with Crippen LogP contribution in [0.3, 0.4) is 0 Å². The summed E-state index contributed by atoms with van der Waals surface area (Å²) in [6.45, 7) is 7.06. The third-order valence-corrected chi connectivity index (χ3v) is 8.93. The van der Waals surface area contributed by atoms with Crippen LogP contribution in [0.15, 0.2) is 42.5 Å². The van der Waals surface area contributed by atoms with Crippen molar-refractivity contribution < 1.29 is 32.3 Å². The summed E-state index contributed by atoms with van der Waals surface area (Å²) in [6.07, 6.45) is 2.94. The van der Waals surface area contributed by atoms with E-state index >= 15 is 4.39 Å². The Bertz CT molecular complexity index is 1460. The number of benzene rings is 3. The van der Waals surface area contributed by atoms with Crippen LogP contribution in [0, 0.1) is 25.6 Å². The highest BCUT2D eigenvalue weighted by Crippen LogP contribution is 2.45. The molecule has 0 amide bonds. The van der Waals surface area contributed by atoms with Crippen molar-refractivity contribution in [2.45, 2.75) is 52.1 Å². The van der Waals surface area contributed by atoms with Crippen molar-refractivity contribution in [3.8, 4) is 28.4 Å². The lowest BCUT2D eigenvalue weighted by molar-refractivity contribution is -0.141. The summed E-state index contributed by atoms with van der Waals surface area (Å²) in [5.41, 5.74) is 6.75. The van der Waals surface area contributed by atoms with Gasteiger partial charge < -0.3 is 18.9 Å². The lowest BCUT2D eigenvalue weighted by Gasteiger charge is -2.19. The molecule has 4 unspecified atom stereocenters. The Morgan fingerprint density at radius 1 is 1.12 bits per heavy atom. The Kier molecular flexibility index (Phi) is 8.68. The Morgan fingerprint density at radius 3 is 2.59 bits per heavy atom. The third-order valence-electron chi connectivity index (χ3n) is 7.90. The molecule has 3 aromatic carbocycles. The van der Waals surface area contributed by atoms with Crippen molar-refractivity contribution in [3.63, 3.8) is 0 Å². The molecule has 0 spiro atoms. The van der Waals surface area contributed by atoms with Gasteiger partial charge in [0.05, 0.1) is 26.7 Å². The fourth-order valence-electron chi connectivity index (χ4n) is 6.09. The first kappa shape index (κ1) is 29.1. The van der Waals surface area contributed by atoms with Crippen molar-refractivity contribution in [1.29, 1.82) is 0 Å². The summed E-state index contributed by atoms with van der Waals surface area (Å²) >= 11 is 0. The number of rotatable bonds is 10. The number of esters is 1. The molecule has 3 aromatic rings. The molecule has 1 aliphatic carbocycles. The van der Waals surface area contributed by atoms with Crippen LogP contribution in [-0.2, 0) is 26.8 Å². The molecule has 0 saturated heterocycles. The second-order valence-corrected chi connectivity index (χ2v) is 12.7. The number of aryl methyl sites for hydroxylation is 2. The normalized spacial score (nSPS) is 18.7. The zero-order chi connectivity index (χ0) is 29.3. The van der Waals surface area contributed by atoms with E-state index < -0.39 is 16.9 Å². The van der Waals surface area contributed by atoms with Crippen LogP contribution >= 0.6 is 0 Å². The topological polar surface area (TPSA) is 71.1 Å². The Morgan fingerprint density at radius 2 is 1.88 bits per heavy atom. The number of halogens is 1. The highest BCUT2D eigenvalue weighted by atomic mass is 32.2. The summed E-state index contributed by atoms with van der Waals surface area (Å²) in [7, 11) is 0.527. The molecule has 2 aliphatic rings. The maximum Gasteiger partial charge on any atom is 0.306 e. The van der Waals surface area contributed by atoms with E-state index in [1.807, 2.05) is 43.3 Å². The molecule has 1 aliphatic heterocycles. The van der Waals surface area contributed by atoms with Gasteiger partial charge in [0.25, 0.3) is 0 Å². The monoisotopic (exact) mass is 580 g/mol. The van der Waals surface area contributed by atoms with E-state index in [0.717, 1.165) is 39.1 Å². The van der Waals surface area contributed by atoms with Crippen LogP contribution in [-0.4, -0.2) is 42.5 Å². The van der Waals surface area contributed by atoms with Crippen LogP contribution in [0.5, 0.6) is 17.2 Å². The molecule has 0 aromatic heterocycles. The van der Waals surface area contributed by atoms with Crippen LogP contribution in [0.1, 0.15) is 59.6 Å². The molecule has 0 N–H and O–H groups in total. The summed E-state index contributed by atoms with van der Waals surface area (Å²) in [4.78, 5) is 11.7. The van der Waals surface area contributed by atoms with Gasteiger partial charge in [-0.2, -0.15) is 0 Å². The van der Waals surface area contributed by atoms with Crippen LogP contribution in [0.2, 0.25) is 0 Å². The highest BCUT2D eigenvalue weighted by Gasteiger charge is 2.32. The van der Waals surface area contributed by atoms with Gasteiger partial charge in [-0.1, -0.05) is 19.1 Å². The lowest BCUT2D eigenvalue weighted by Crippen LogP contribution is -2.15. The smallest absolute Gasteiger partial charge is 0.306 e. The van der Waals surface area contributed by atoms with Gasteiger partial charge in [-0.3, -0.25) is 9.00 Å². The third kappa shape index (κ3) is 6.27. The minimum atomic E-state index is -0.856. The van der Waals surface area contributed by atoms with Gasteiger partial charge in [0.2, 0.25) is 0 Å². The summed E-state index contributed by atoms with van der Waals surface area (Å²) < 4.78 is 49.8. The van der Waals surface area contributed by atoms with Crippen molar-refractivity contribution in [1.82, 2.24) is 0 Å². The number of carbonyl (C=O) groups excluding carboxylic acids is 1. The molecule has 0 bridgehead atoms. The van der Waals surface area contributed by atoms with Crippen molar-refractivity contribution in [2.75, 3.05) is 32.3 Å². The maximum atomic E-state index is 15.3. The SMILES string of the molecule is COC(=O)CC1COc2cc(OC3CCc4c(-c5c(C)cc(OCC(C)CS(C)=O)cc5C)ccc(F)c43)ccc21. The molecule has 0 fully saturated rings. The molecule has 41 heavy (non-hydrogen) atoms. The largest absolute Gasteiger partial charge is 0.493 e. The van der Waals surface area contributed by atoms with E-state index in [4.69, 9.17) is 18.9 Å². The summed E-state index contributed by atoms with van der Waals surface area (Å²) in [6, 6.07) is 13.1. The van der Waals surface area contributed by atoms with Crippen molar-refractivity contribution in [3.05, 3.63) is 76.1 Å². The van der Waals surface area contributed by atoms with E-state index in [2.05, 4.69) is 13.8 Å². The van der Waals surface area contributed by atoms with Crippen molar-refractivity contribution >= 4 is 16.8 Å². The van der Waals surface area contributed by atoms with Gasteiger partial charge in [-0.25, -0.2) is 4.39 Å². The summed E-state index contributed by atoms with van der Waals surface area (Å²) in [5.74, 6) is 2.30. The summed E-state index contributed by atoms with van der Waals surface area (Å²) in [5, 5.41) is 0. The molecule has 4 atom stereocenters. The molecular formula is C33H37FO6S. The Hall–Kier alpha value is -3.39. The molecule has 218 valence electrons. The van der Waals surface area contributed by atoms with Crippen LogP contribution < -0.4 is 14.2 Å². The number of hydrogen-bond acceptors (Lipinski definition) is 6. The number of carbonyl (C=O) groups is 1. The molecule has 1 heterocycles. The molecular weight excluding hydrogens is 543 g/mol. The number of fused-ring (bicyclic) bond motifs is 2. The van der Waals surface area contributed by atoms with E-state index in [-0.39, 0.29) is 30.0 Å². The molecule has 0 saturated carbocycles. The van der Waals surface area contributed by atoms with Gasteiger partial charge in [-0.15, -0.1) is 0 Å². The van der Waals surface area contributed by atoms with Gasteiger partial charge in [0.1, 0.15) is 29.2 Å². The minimum absolute atomic E-state index is 0.0488. The van der Waals surface area contributed by atoms with E-state index in [9.17, 15) is 9.00 Å². The first-order chi connectivity index (χ1) is 19.6. The zero-order valence-corrected chi connectivity index (χ0v) is 25.1. The predicted molar refractivity (Wildman–Crippen MR) is 158 cm³/mol. The minimum Gasteiger partial charge on any atom is -0.493 e. The van der Waals surface area contributed by atoms with Crippen LogP contribution in [0.25, 0.3) is 11.1 Å². The highest BCUT2D eigenvalue weighted by molar-refractivity contribution is 7.84. The number of methoxy groups -OCH3 is 1. The molecule has 6 nitrogen and oxygen atoms in total. The van der Waals surface area contributed by atoms with E-state index in [0.29, 0.717) is 48.9 Å². The lowest BCUT2D eigenvalue weighted by atomic mass is 9.90. The standard InChI is InChI=1S/C33H37FO6S/c1-19(18-41(5)36)16-38-24-12-20(2)32(21(3)13-24)26-8-10-28(34)33-27(26)9-11-29(33)40-23-6-7-25-22(14-31(35)37-4)17-39-30(25)15-23/h6-8,10,12-13,15,19,22,29H,9,11,14,16-18H2,1-5H3. The Balaban J connectivity index is 1.36. The molecule has 0 radical (unpaired) electrons. The first-order valence-electron chi connectivity index (χ1n) is 14.0. The first-order valence-corrected chi connectivity index (χ1v) is 15.7. The Labute approximate surface area is 243 Å². The predicted octanol–water partition coefficient (Wildman–Crippen LogP) is 6.61.